The normalized spacial score (nSPS) is 23.2. The Morgan fingerprint density at radius 3 is 2.45 bits per heavy atom. The van der Waals surface area contributed by atoms with Gasteiger partial charge in [-0.05, 0) is 33.6 Å². The van der Waals surface area contributed by atoms with Gasteiger partial charge in [0.25, 0.3) is 0 Å². The fraction of sp³-hybridized carbons (Fsp3) is 0.769. The number of carbonyl (C=O) groups is 3. The molecule has 0 aromatic carbocycles. The van der Waals surface area contributed by atoms with E-state index < -0.39 is 17.4 Å². The van der Waals surface area contributed by atoms with Crippen LogP contribution < -0.4 is 11.1 Å². The molecule has 7 nitrogen and oxygen atoms in total. The molecular weight excluding hydrogens is 262 g/mol. The second kappa shape index (κ2) is 6.11. The molecule has 3 amide bonds. The number of carboxylic acid groups (broad SMARTS) is 1. The lowest BCUT2D eigenvalue weighted by molar-refractivity contribution is -0.138. The average Bonchev–Trinajstić information content (AvgIpc) is 2.26. The zero-order chi connectivity index (χ0) is 15.5. The Labute approximate surface area is 118 Å². The van der Waals surface area contributed by atoms with Gasteiger partial charge in [-0.15, -0.1) is 0 Å². The van der Waals surface area contributed by atoms with Crippen molar-refractivity contribution in [2.24, 2.45) is 11.7 Å². The molecule has 1 aliphatic rings. The molecule has 2 unspecified atom stereocenters. The molecule has 0 bridgehead atoms. The first-order chi connectivity index (χ1) is 9.12. The summed E-state index contributed by atoms with van der Waals surface area (Å²) in [6, 6.07) is -0.346. The van der Waals surface area contributed by atoms with Crippen LogP contribution in [0.5, 0.6) is 0 Å². The summed E-state index contributed by atoms with van der Waals surface area (Å²) in [4.78, 5) is 35.8. The standard InChI is InChI=1S/C13H23N3O4/c1-8-4-5-9(11(14)19)7-16(8)12(20)15-13(2,3)6-10(17)18/h8-9H,4-7H2,1-3H3,(H2,14,19)(H,15,20)(H,17,18). The van der Waals surface area contributed by atoms with Crippen LogP contribution in [0.4, 0.5) is 4.79 Å². The van der Waals surface area contributed by atoms with E-state index in [-0.39, 0.29) is 31.0 Å². The van der Waals surface area contributed by atoms with Crippen molar-refractivity contribution in [3.8, 4) is 0 Å². The molecule has 1 saturated heterocycles. The van der Waals surface area contributed by atoms with Crippen molar-refractivity contribution in [1.29, 1.82) is 0 Å². The summed E-state index contributed by atoms with van der Waals surface area (Å²) in [6.07, 6.45) is 1.22. The number of primary amides is 1. The fourth-order valence-electron chi connectivity index (χ4n) is 2.41. The van der Waals surface area contributed by atoms with Gasteiger partial charge in [0.2, 0.25) is 5.91 Å². The third-order valence-corrected chi connectivity index (χ3v) is 3.58. The van der Waals surface area contributed by atoms with Crippen LogP contribution in [0.2, 0.25) is 0 Å². The maximum absolute atomic E-state index is 12.2. The number of nitrogens with zero attached hydrogens (tertiary/aromatic N) is 1. The number of piperidine rings is 1. The zero-order valence-electron chi connectivity index (χ0n) is 12.2. The van der Waals surface area contributed by atoms with Crippen LogP contribution in [0.1, 0.15) is 40.0 Å². The van der Waals surface area contributed by atoms with Crippen molar-refractivity contribution in [1.82, 2.24) is 10.2 Å². The summed E-state index contributed by atoms with van der Waals surface area (Å²) in [5.74, 6) is -1.71. The molecule has 1 heterocycles. The van der Waals surface area contributed by atoms with E-state index in [9.17, 15) is 14.4 Å². The van der Waals surface area contributed by atoms with E-state index in [1.165, 1.54) is 0 Å². The summed E-state index contributed by atoms with van der Waals surface area (Å²) in [5, 5.41) is 11.5. The molecule has 0 spiro atoms. The minimum atomic E-state index is -0.975. The number of nitrogens with two attached hydrogens (primary N) is 1. The summed E-state index contributed by atoms with van der Waals surface area (Å²) in [7, 11) is 0. The summed E-state index contributed by atoms with van der Waals surface area (Å²) >= 11 is 0. The van der Waals surface area contributed by atoms with Gasteiger partial charge < -0.3 is 21.1 Å². The number of hydrogen-bond donors (Lipinski definition) is 3. The second-order valence-electron chi connectivity index (χ2n) is 6.06. The SMILES string of the molecule is CC1CCC(C(N)=O)CN1C(=O)NC(C)(C)CC(=O)O. The van der Waals surface area contributed by atoms with E-state index in [4.69, 9.17) is 10.8 Å². The quantitative estimate of drug-likeness (QED) is 0.699. The zero-order valence-corrected chi connectivity index (χ0v) is 12.2. The van der Waals surface area contributed by atoms with Gasteiger partial charge in [0, 0.05) is 18.1 Å². The minimum absolute atomic E-state index is 0.00577. The summed E-state index contributed by atoms with van der Waals surface area (Å²) < 4.78 is 0. The largest absolute Gasteiger partial charge is 0.481 e. The lowest BCUT2D eigenvalue weighted by Gasteiger charge is -2.38. The number of hydrogen-bond acceptors (Lipinski definition) is 3. The first-order valence-electron chi connectivity index (χ1n) is 6.72. The highest BCUT2D eigenvalue weighted by Crippen LogP contribution is 2.22. The molecule has 0 saturated carbocycles. The van der Waals surface area contributed by atoms with E-state index in [2.05, 4.69) is 5.32 Å². The molecule has 0 radical (unpaired) electrons. The van der Waals surface area contributed by atoms with Crippen LogP contribution in [-0.2, 0) is 9.59 Å². The van der Waals surface area contributed by atoms with Gasteiger partial charge in [-0.25, -0.2) is 4.79 Å². The maximum atomic E-state index is 12.2. The molecular formula is C13H23N3O4. The Hall–Kier alpha value is -1.79. The van der Waals surface area contributed by atoms with Gasteiger partial charge in [-0.2, -0.15) is 0 Å². The van der Waals surface area contributed by atoms with E-state index in [1.54, 1.807) is 18.7 Å². The second-order valence-corrected chi connectivity index (χ2v) is 6.06. The van der Waals surface area contributed by atoms with E-state index >= 15 is 0 Å². The third-order valence-electron chi connectivity index (χ3n) is 3.58. The third kappa shape index (κ3) is 4.40. The Kier molecular flexibility index (Phi) is 4.97. The first-order valence-corrected chi connectivity index (χ1v) is 6.72. The molecule has 0 aromatic heterocycles. The number of carboxylic acids is 1. The van der Waals surface area contributed by atoms with Gasteiger partial charge in [0.05, 0.1) is 12.3 Å². The number of rotatable bonds is 4. The van der Waals surface area contributed by atoms with Crippen LogP contribution in [-0.4, -0.2) is 46.0 Å². The van der Waals surface area contributed by atoms with Gasteiger partial charge >= 0.3 is 12.0 Å². The Morgan fingerprint density at radius 2 is 1.95 bits per heavy atom. The van der Waals surface area contributed by atoms with Crippen molar-refractivity contribution in [2.75, 3.05) is 6.54 Å². The van der Waals surface area contributed by atoms with Crippen LogP contribution in [0.25, 0.3) is 0 Å². The van der Waals surface area contributed by atoms with Crippen LogP contribution in [0, 0.1) is 5.92 Å². The van der Waals surface area contributed by atoms with Crippen molar-refractivity contribution in [3.63, 3.8) is 0 Å². The van der Waals surface area contributed by atoms with Crippen molar-refractivity contribution in [2.45, 2.75) is 51.6 Å². The van der Waals surface area contributed by atoms with Gasteiger partial charge in [-0.1, -0.05) is 0 Å². The Balaban J connectivity index is 2.69. The summed E-state index contributed by atoms with van der Waals surface area (Å²) in [5.41, 5.74) is 4.45. The lowest BCUT2D eigenvalue weighted by atomic mass is 9.93. The number of aliphatic carboxylic acids is 1. The van der Waals surface area contributed by atoms with Crippen LogP contribution in [0.3, 0.4) is 0 Å². The Morgan fingerprint density at radius 1 is 1.35 bits per heavy atom. The highest BCUT2D eigenvalue weighted by Gasteiger charge is 2.34. The van der Waals surface area contributed by atoms with Crippen molar-refractivity contribution in [3.05, 3.63) is 0 Å². The van der Waals surface area contributed by atoms with Crippen molar-refractivity contribution < 1.29 is 19.5 Å². The van der Waals surface area contributed by atoms with E-state index in [1.807, 2.05) is 6.92 Å². The highest BCUT2D eigenvalue weighted by atomic mass is 16.4. The Bertz CT molecular complexity index is 408. The number of carbonyl (C=O) groups excluding carboxylic acids is 2. The summed E-state index contributed by atoms with van der Waals surface area (Å²) in [6.45, 7) is 5.49. The van der Waals surface area contributed by atoms with Crippen molar-refractivity contribution >= 4 is 17.9 Å². The van der Waals surface area contributed by atoms with Crippen LogP contribution in [0.15, 0.2) is 0 Å². The lowest BCUT2D eigenvalue weighted by Crippen LogP contribution is -2.56. The van der Waals surface area contributed by atoms with E-state index in [0.717, 1.165) is 0 Å². The van der Waals surface area contributed by atoms with Gasteiger partial charge in [0.1, 0.15) is 0 Å². The highest BCUT2D eigenvalue weighted by molar-refractivity contribution is 5.80. The molecule has 4 N–H and O–H groups in total. The first kappa shape index (κ1) is 16.3. The monoisotopic (exact) mass is 285 g/mol. The van der Waals surface area contributed by atoms with Gasteiger partial charge in [0.15, 0.2) is 0 Å². The predicted molar refractivity (Wildman–Crippen MR) is 72.9 cm³/mol. The number of likely N-dealkylation sites (tertiary alicyclic amines) is 1. The predicted octanol–water partition coefficient (Wildman–Crippen LogP) is 0.535. The molecule has 20 heavy (non-hydrogen) atoms. The van der Waals surface area contributed by atoms with Crippen LogP contribution >= 0.6 is 0 Å². The van der Waals surface area contributed by atoms with E-state index in [0.29, 0.717) is 12.8 Å². The molecule has 114 valence electrons. The fourth-order valence-corrected chi connectivity index (χ4v) is 2.41. The maximum Gasteiger partial charge on any atom is 0.318 e. The molecule has 1 fully saturated rings. The average molecular weight is 285 g/mol. The number of nitrogens with one attached hydrogen (secondary N) is 1. The molecule has 2 atom stereocenters. The smallest absolute Gasteiger partial charge is 0.318 e. The number of amides is 3. The van der Waals surface area contributed by atoms with Gasteiger partial charge in [-0.3, -0.25) is 9.59 Å². The molecule has 7 heteroatoms. The molecule has 1 aliphatic heterocycles. The topological polar surface area (TPSA) is 113 Å². The molecule has 0 aromatic rings. The number of urea groups is 1. The molecule has 0 aliphatic carbocycles. The molecule has 1 rings (SSSR count). The minimum Gasteiger partial charge on any atom is -0.481 e.